The fourth-order valence-corrected chi connectivity index (χ4v) is 7.51. The second kappa shape index (κ2) is 13.0. The third-order valence-electron chi connectivity index (χ3n) is 10.2. The molecule has 4 saturated heterocycles. The first kappa shape index (κ1) is 30.7. The topological polar surface area (TPSA) is 102 Å². The Kier molecular flexibility index (Phi) is 8.70. The lowest BCUT2D eigenvalue weighted by Gasteiger charge is -2.38. The lowest BCUT2D eigenvalue weighted by Crippen LogP contribution is -2.48. The van der Waals surface area contributed by atoms with Crippen LogP contribution in [0.2, 0.25) is 0 Å². The minimum absolute atomic E-state index is 0.282. The highest BCUT2D eigenvalue weighted by Gasteiger charge is 2.40. The Hall–Kier alpha value is -3.96. The van der Waals surface area contributed by atoms with Gasteiger partial charge in [-0.05, 0) is 102 Å². The van der Waals surface area contributed by atoms with E-state index in [0.717, 1.165) is 75.0 Å². The number of benzene rings is 2. The zero-order valence-electron chi connectivity index (χ0n) is 27.5. The number of fused-ring (bicyclic) bond motifs is 2. The zero-order valence-corrected chi connectivity index (χ0v) is 27.5. The number of carbonyl (C=O) groups is 1. The van der Waals surface area contributed by atoms with Crippen molar-refractivity contribution in [3.8, 4) is 11.4 Å². The molecule has 46 heavy (non-hydrogen) atoms. The predicted molar refractivity (Wildman–Crippen MR) is 184 cm³/mol. The van der Waals surface area contributed by atoms with Crippen molar-refractivity contribution in [1.29, 1.82) is 0 Å². The molecule has 0 radical (unpaired) electrons. The van der Waals surface area contributed by atoms with E-state index < -0.39 is 0 Å². The molecule has 4 aliphatic rings. The summed E-state index contributed by atoms with van der Waals surface area (Å²) in [6, 6.07) is 17.5. The number of piperazine rings is 1. The van der Waals surface area contributed by atoms with Crippen LogP contribution in [-0.2, 0) is 4.74 Å². The summed E-state index contributed by atoms with van der Waals surface area (Å²) in [5.41, 5.74) is 3.53. The SMILES string of the molecule is CC(C)N1CCN(c2ccc(NC(=O)Nc3ccc(-c4nc(N5C(C)CCC5C)nc(N5C6CCC5COC6)n4)cc3)cc2)CC1. The van der Waals surface area contributed by atoms with Gasteiger partial charge in [-0.1, -0.05) is 0 Å². The second-order valence-electron chi connectivity index (χ2n) is 13.6. The molecule has 244 valence electrons. The van der Waals surface area contributed by atoms with Gasteiger partial charge in [-0.3, -0.25) is 4.90 Å². The van der Waals surface area contributed by atoms with Crippen molar-refractivity contribution in [3.05, 3.63) is 48.5 Å². The highest BCUT2D eigenvalue weighted by molar-refractivity contribution is 6.00. The summed E-state index contributed by atoms with van der Waals surface area (Å²) in [7, 11) is 0. The number of amides is 2. The molecular weight excluding hydrogens is 578 g/mol. The van der Waals surface area contributed by atoms with Crippen molar-refractivity contribution >= 4 is 35.0 Å². The van der Waals surface area contributed by atoms with E-state index in [0.29, 0.717) is 54.9 Å². The smallest absolute Gasteiger partial charge is 0.323 e. The van der Waals surface area contributed by atoms with E-state index >= 15 is 0 Å². The number of ether oxygens (including phenoxy) is 1. The first-order valence-electron chi connectivity index (χ1n) is 17.0. The Balaban J connectivity index is 1.03. The van der Waals surface area contributed by atoms with E-state index in [2.05, 4.69) is 70.1 Å². The van der Waals surface area contributed by atoms with Crippen LogP contribution in [0.4, 0.5) is 33.8 Å². The Morgan fingerprint density at radius 1 is 0.739 bits per heavy atom. The number of hydrogen-bond donors (Lipinski definition) is 2. The van der Waals surface area contributed by atoms with Crippen molar-refractivity contribution in [2.45, 2.75) is 83.6 Å². The molecule has 0 saturated carbocycles. The number of carbonyl (C=O) groups excluding carboxylic acids is 1. The minimum Gasteiger partial charge on any atom is -0.377 e. The molecule has 4 fully saturated rings. The van der Waals surface area contributed by atoms with Crippen LogP contribution in [0.25, 0.3) is 11.4 Å². The summed E-state index contributed by atoms with van der Waals surface area (Å²) < 4.78 is 5.84. The number of urea groups is 1. The molecule has 11 heteroatoms. The largest absolute Gasteiger partial charge is 0.377 e. The molecular formula is C35H47N9O2. The highest BCUT2D eigenvalue weighted by Crippen LogP contribution is 2.35. The minimum atomic E-state index is -0.282. The maximum Gasteiger partial charge on any atom is 0.323 e. The van der Waals surface area contributed by atoms with Gasteiger partial charge in [0.1, 0.15) is 0 Å². The Labute approximate surface area is 272 Å². The van der Waals surface area contributed by atoms with Crippen LogP contribution in [0.15, 0.2) is 48.5 Å². The van der Waals surface area contributed by atoms with Crippen LogP contribution in [0.1, 0.15) is 53.4 Å². The highest BCUT2D eigenvalue weighted by atomic mass is 16.5. The second-order valence-corrected chi connectivity index (χ2v) is 13.6. The normalized spacial score (nSPS) is 24.9. The lowest BCUT2D eigenvalue weighted by molar-refractivity contribution is 0.0897. The summed E-state index contributed by atoms with van der Waals surface area (Å²) in [5.74, 6) is 2.14. The number of rotatable bonds is 7. The van der Waals surface area contributed by atoms with Crippen molar-refractivity contribution < 1.29 is 9.53 Å². The molecule has 2 amide bonds. The van der Waals surface area contributed by atoms with Gasteiger partial charge in [0.2, 0.25) is 11.9 Å². The molecule has 7 rings (SSSR count). The summed E-state index contributed by atoms with van der Waals surface area (Å²) >= 11 is 0. The van der Waals surface area contributed by atoms with Gasteiger partial charge < -0.3 is 30.1 Å². The van der Waals surface area contributed by atoms with Gasteiger partial charge in [0.15, 0.2) is 5.82 Å². The van der Waals surface area contributed by atoms with Gasteiger partial charge in [0, 0.05) is 66.9 Å². The van der Waals surface area contributed by atoms with E-state index in [-0.39, 0.29) is 6.03 Å². The maximum atomic E-state index is 12.9. The van der Waals surface area contributed by atoms with E-state index in [9.17, 15) is 4.79 Å². The van der Waals surface area contributed by atoms with Crippen molar-refractivity contribution in [3.63, 3.8) is 0 Å². The summed E-state index contributed by atoms with van der Waals surface area (Å²) in [5, 5.41) is 5.93. The van der Waals surface area contributed by atoms with Crippen molar-refractivity contribution in [2.24, 2.45) is 0 Å². The zero-order chi connectivity index (χ0) is 31.8. The lowest BCUT2D eigenvalue weighted by atomic mass is 10.2. The quantitative estimate of drug-likeness (QED) is 0.355. The van der Waals surface area contributed by atoms with E-state index in [1.807, 2.05) is 36.4 Å². The molecule has 1 aromatic heterocycles. The van der Waals surface area contributed by atoms with Crippen LogP contribution in [-0.4, -0.2) is 95.5 Å². The van der Waals surface area contributed by atoms with Crippen LogP contribution in [0.3, 0.4) is 0 Å². The number of anilines is 5. The van der Waals surface area contributed by atoms with Gasteiger partial charge in [0.05, 0.1) is 25.3 Å². The number of hydrogen-bond acceptors (Lipinski definition) is 9. The van der Waals surface area contributed by atoms with E-state index in [1.54, 1.807) is 0 Å². The predicted octanol–water partition coefficient (Wildman–Crippen LogP) is 5.46. The van der Waals surface area contributed by atoms with Gasteiger partial charge in [-0.2, -0.15) is 15.0 Å². The molecule has 3 aromatic rings. The third-order valence-corrected chi connectivity index (χ3v) is 10.2. The molecule has 2 bridgehead atoms. The Morgan fingerprint density at radius 2 is 1.28 bits per heavy atom. The molecule has 4 unspecified atom stereocenters. The van der Waals surface area contributed by atoms with Crippen molar-refractivity contribution in [2.75, 3.05) is 64.7 Å². The van der Waals surface area contributed by atoms with Crippen LogP contribution >= 0.6 is 0 Å². The van der Waals surface area contributed by atoms with Gasteiger partial charge in [0.25, 0.3) is 0 Å². The fourth-order valence-electron chi connectivity index (χ4n) is 7.51. The number of nitrogens with zero attached hydrogens (tertiary/aromatic N) is 7. The standard InChI is InChI=1S/C35H47N9O2/c1-23(2)41-17-19-42(20-18-41)29-13-11-28(12-14-29)37-35(45)36-27-9-7-26(8-10-27)32-38-33(43-24(3)5-6-25(43)4)40-34(39-32)44-30-15-16-31(44)22-46-21-30/h7-14,23-25,30-31H,5-6,15-22H2,1-4H3,(H2,36,37,45). The average Bonchev–Trinajstić information content (AvgIpc) is 3.53. The molecule has 4 atom stereocenters. The first-order valence-corrected chi connectivity index (χ1v) is 17.0. The molecule has 11 nitrogen and oxygen atoms in total. The summed E-state index contributed by atoms with van der Waals surface area (Å²) in [4.78, 5) is 37.5. The molecule has 0 aliphatic carbocycles. The number of nitrogens with one attached hydrogen (secondary N) is 2. The van der Waals surface area contributed by atoms with Gasteiger partial charge in [-0.25, -0.2) is 4.79 Å². The van der Waals surface area contributed by atoms with Gasteiger partial charge in [-0.15, -0.1) is 0 Å². The fraction of sp³-hybridized carbons (Fsp3) is 0.543. The molecule has 2 aromatic carbocycles. The average molecular weight is 626 g/mol. The van der Waals surface area contributed by atoms with E-state index in [1.165, 1.54) is 5.69 Å². The first-order chi connectivity index (χ1) is 22.3. The molecule has 5 heterocycles. The Morgan fingerprint density at radius 3 is 1.85 bits per heavy atom. The van der Waals surface area contributed by atoms with Gasteiger partial charge >= 0.3 is 6.03 Å². The molecule has 2 N–H and O–H groups in total. The summed E-state index contributed by atoms with van der Waals surface area (Å²) in [6.07, 6.45) is 4.45. The number of aromatic nitrogens is 3. The number of morpholine rings is 1. The summed E-state index contributed by atoms with van der Waals surface area (Å²) in [6.45, 7) is 14.6. The third kappa shape index (κ3) is 6.35. The molecule has 0 spiro atoms. The van der Waals surface area contributed by atoms with Crippen molar-refractivity contribution in [1.82, 2.24) is 19.9 Å². The maximum absolute atomic E-state index is 12.9. The van der Waals surface area contributed by atoms with Crippen LogP contribution in [0.5, 0.6) is 0 Å². The monoisotopic (exact) mass is 625 g/mol. The van der Waals surface area contributed by atoms with Crippen LogP contribution in [0, 0.1) is 0 Å². The Bertz CT molecular complexity index is 1480. The molecule has 4 aliphatic heterocycles. The van der Waals surface area contributed by atoms with Crippen LogP contribution < -0.4 is 25.3 Å². The van der Waals surface area contributed by atoms with E-state index in [4.69, 9.17) is 19.7 Å².